The Morgan fingerprint density at radius 3 is 2.56 bits per heavy atom. The second kappa shape index (κ2) is 8.13. The normalized spacial score (nSPS) is 12.4. The van der Waals surface area contributed by atoms with Gasteiger partial charge in [0.05, 0.1) is 11.5 Å². The highest BCUT2D eigenvalue weighted by molar-refractivity contribution is 7.92. The molecule has 2 N–H and O–H groups in total. The Kier molecular flexibility index (Phi) is 6.17. The Morgan fingerprint density at radius 1 is 1.16 bits per heavy atom. The van der Waals surface area contributed by atoms with Crippen LogP contribution in [0.3, 0.4) is 0 Å². The SMILES string of the molecule is COCC(C)NC(=O)c1cccc(S(=O)(=O)Nc2cccc(C)c2)c1. The van der Waals surface area contributed by atoms with Crippen molar-refractivity contribution in [1.29, 1.82) is 0 Å². The first-order valence-electron chi connectivity index (χ1n) is 7.81. The lowest BCUT2D eigenvalue weighted by Gasteiger charge is -2.13. The maximum absolute atomic E-state index is 12.5. The summed E-state index contributed by atoms with van der Waals surface area (Å²) < 4.78 is 32.6. The van der Waals surface area contributed by atoms with Crippen molar-refractivity contribution in [2.75, 3.05) is 18.4 Å². The molecular weight excluding hydrogens is 340 g/mol. The van der Waals surface area contributed by atoms with Gasteiger partial charge in [-0.15, -0.1) is 0 Å². The van der Waals surface area contributed by atoms with Crippen LogP contribution in [0.4, 0.5) is 5.69 Å². The number of rotatable bonds is 7. The molecule has 0 saturated carbocycles. The minimum Gasteiger partial charge on any atom is -0.383 e. The molecule has 7 heteroatoms. The third-order valence-corrected chi connectivity index (χ3v) is 4.85. The van der Waals surface area contributed by atoms with Gasteiger partial charge in [0.2, 0.25) is 0 Å². The van der Waals surface area contributed by atoms with E-state index in [1.165, 1.54) is 12.1 Å². The summed E-state index contributed by atoms with van der Waals surface area (Å²) in [5.41, 5.74) is 1.69. The molecular formula is C18H22N2O4S. The molecule has 0 spiro atoms. The Bertz CT molecular complexity index is 850. The Balaban J connectivity index is 2.20. The molecule has 0 aliphatic carbocycles. The number of carbonyl (C=O) groups excluding carboxylic acids is 1. The van der Waals surface area contributed by atoms with Gasteiger partial charge in [0.25, 0.3) is 15.9 Å². The molecule has 0 aromatic heterocycles. The molecule has 6 nitrogen and oxygen atoms in total. The van der Waals surface area contributed by atoms with E-state index in [4.69, 9.17) is 4.74 Å². The van der Waals surface area contributed by atoms with Crippen molar-refractivity contribution in [3.8, 4) is 0 Å². The predicted molar refractivity (Wildman–Crippen MR) is 97.2 cm³/mol. The molecule has 134 valence electrons. The van der Waals surface area contributed by atoms with Crippen LogP contribution < -0.4 is 10.0 Å². The maximum Gasteiger partial charge on any atom is 0.261 e. The molecule has 1 atom stereocenters. The summed E-state index contributed by atoms with van der Waals surface area (Å²) in [4.78, 5) is 12.3. The highest BCUT2D eigenvalue weighted by Crippen LogP contribution is 2.18. The zero-order chi connectivity index (χ0) is 18.4. The summed E-state index contributed by atoms with van der Waals surface area (Å²) in [5.74, 6) is -0.350. The summed E-state index contributed by atoms with van der Waals surface area (Å²) in [6.45, 7) is 4.06. The minimum absolute atomic E-state index is 0.0288. The van der Waals surface area contributed by atoms with E-state index in [0.29, 0.717) is 12.3 Å². The van der Waals surface area contributed by atoms with Gasteiger partial charge in [-0.05, 0) is 49.7 Å². The minimum atomic E-state index is -3.78. The summed E-state index contributed by atoms with van der Waals surface area (Å²) in [7, 11) is -2.23. The molecule has 0 aliphatic heterocycles. The van der Waals surface area contributed by atoms with Crippen LogP contribution in [0.1, 0.15) is 22.8 Å². The number of carbonyl (C=O) groups is 1. The van der Waals surface area contributed by atoms with Crippen LogP contribution in [0.15, 0.2) is 53.4 Å². The molecule has 1 unspecified atom stereocenters. The Labute approximate surface area is 148 Å². The van der Waals surface area contributed by atoms with Gasteiger partial charge in [-0.2, -0.15) is 0 Å². The predicted octanol–water partition coefficient (Wildman–Crippen LogP) is 2.56. The van der Waals surface area contributed by atoms with E-state index < -0.39 is 10.0 Å². The first-order chi connectivity index (χ1) is 11.8. The number of methoxy groups -OCH3 is 1. The summed E-state index contributed by atoms with van der Waals surface area (Å²) in [5, 5.41) is 2.75. The van der Waals surface area contributed by atoms with Crippen molar-refractivity contribution >= 4 is 21.6 Å². The molecule has 2 aromatic rings. The first kappa shape index (κ1) is 19.0. The molecule has 0 aliphatic rings. The number of hydrogen-bond donors (Lipinski definition) is 2. The molecule has 2 rings (SSSR count). The van der Waals surface area contributed by atoms with Crippen molar-refractivity contribution in [3.63, 3.8) is 0 Å². The first-order valence-corrected chi connectivity index (χ1v) is 9.29. The van der Waals surface area contributed by atoms with E-state index in [1.807, 2.05) is 13.0 Å². The topological polar surface area (TPSA) is 84.5 Å². The lowest BCUT2D eigenvalue weighted by atomic mass is 10.2. The van der Waals surface area contributed by atoms with Crippen LogP contribution >= 0.6 is 0 Å². The average Bonchev–Trinajstić information content (AvgIpc) is 2.54. The average molecular weight is 362 g/mol. The number of hydrogen-bond acceptors (Lipinski definition) is 4. The Morgan fingerprint density at radius 2 is 1.88 bits per heavy atom. The lowest BCUT2D eigenvalue weighted by molar-refractivity contribution is 0.0905. The maximum atomic E-state index is 12.5. The molecule has 25 heavy (non-hydrogen) atoms. The third-order valence-electron chi connectivity index (χ3n) is 3.47. The van der Waals surface area contributed by atoms with Crippen LogP contribution in [-0.4, -0.2) is 34.1 Å². The number of aryl methyl sites for hydroxylation is 1. The van der Waals surface area contributed by atoms with Crippen molar-refractivity contribution in [2.45, 2.75) is 24.8 Å². The molecule has 0 fully saturated rings. The van der Waals surface area contributed by atoms with Gasteiger partial charge in [-0.25, -0.2) is 8.42 Å². The van der Waals surface area contributed by atoms with Gasteiger partial charge in [0.1, 0.15) is 0 Å². The number of ether oxygens (including phenoxy) is 1. The summed E-state index contributed by atoms with van der Waals surface area (Å²) >= 11 is 0. The van der Waals surface area contributed by atoms with E-state index >= 15 is 0 Å². The fraction of sp³-hybridized carbons (Fsp3) is 0.278. The van der Waals surface area contributed by atoms with Crippen molar-refractivity contribution < 1.29 is 17.9 Å². The summed E-state index contributed by atoms with van der Waals surface area (Å²) in [6, 6.07) is 12.8. The fourth-order valence-electron chi connectivity index (χ4n) is 2.33. The van der Waals surface area contributed by atoms with Gasteiger partial charge in [0, 0.05) is 24.4 Å². The number of nitrogens with one attached hydrogen (secondary N) is 2. The highest BCUT2D eigenvalue weighted by Gasteiger charge is 2.17. The summed E-state index contributed by atoms with van der Waals surface area (Å²) in [6.07, 6.45) is 0. The molecule has 1 amide bonds. The number of anilines is 1. The molecule has 0 heterocycles. The second-order valence-electron chi connectivity index (χ2n) is 5.83. The molecule has 0 saturated heterocycles. The van der Waals surface area contributed by atoms with Crippen molar-refractivity contribution in [1.82, 2.24) is 5.32 Å². The van der Waals surface area contributed by atoms with E-state index in [9.17, 15) is 13.2 Å². The number of amides is 1. The fourth-order valence-corrected chi connectivity index (χ4v) is 3.42. The van der Waals surface area contributed by atoms with Crippen molar-refractivity contribution in [2.24, 2.45) is 0 Å². The van der Waals surface area contributed by atoms with Gasteiger partial charge in [0.15, 0.2) is 0 Å². The van der Waals surface area contributed by atoms with E-state index in [0.717, 1.165) is 5.56 Å². The van der Waals surface area contributed by atoms with Gasteiger partial charge >= 0.3 is 0 Å². The standard InChI is InChI=1S/C18H22N2O4S/c1-13-6-4-8-16(10-13)20-25(22,23)17-9-5-7-15(11-17)18(21)19-14(2)12-24-3/h4-11,14,20H,12H2,1-3H3,(H,19,21). The van der Waals surface area contributed by atoms with Gasteiger partial charge in [-0.1, -0.05) is 18.2 Å². The molecule has 0 bridgehead atoms. The molecule has 2 aromatic carbocycles. The van der Waals surface area contributed by atoms with E-state index in [1.54, 1.807) is 44.4 Å². The van der Waals surface area contributed by atoms with Crippen molar-refractivity contribution in [3.05, 3.63) is 59.7 Å². The quantitative estimate of drug-likeness (QED) is 0.793. The zero-order valence-electron chi connectivity index (χ0n) is 14.4. The van der Waals surface area contributed by atoms with Gasteiger partial charge in [-0.3, -0.25) is 9.52 Å². The second-order valence-corrected chi connectivity index (χ2v) is 7.52. The zero-order valence-corrected chi connectivity index (χ0v) is 15.3. The van der Waals surface area contributed by atoms with Crippen LogP contribution in [0.25, 0.3) is 0 Å². The van der Waals surface area contributed by atoms with Crippen LogP contribution in [0, 0.1) is 6.92 Å². The van der Waals surface area contributed by atoms with Crippen LogP contribution in [0.5, 0.6) is 0 Å². The van der Waals surface area contributed by atoms with Crippen LogP contribution in [0.2, 0.25) is 0 Å². The smallest absolute Gasteiger partial charge is 0.261 e. The van der Waals surface area contributed by atoms with E-state index in [2.05, 4.69) is 10.0 Å². The Hall–Kier alpha value is -2.38. The highest BCUT2D eigenvalue weighted by atomic mass is 32.2. The van der Waals surface area contributed by atoms with Crippen LogP contribution in [-0.2, 0) is 14.8 Å². The lowest BCUT2D eigenvalue weighted by Crippen LogP contribution is -2.35. The van der Waals surface area contributed by atoms with E-state index in [-0.39, 0.29) is 22.4 Å². The molecule has 0 radical (unpaired) electrons. The number of benzene rings is 2. The largest absolute Gasteiger partial charge is 0.383 e. The number of sulfonamides is 1. The van der Waals surface area contributed by atoms with Gasteiger partial charge < -0.3 is 10.1 Å². The monoisotopic (exact) mass is 362 g/mol. The third kappa shape index (κ3) is 5.30.